The van der Waals surface area contributed by atoms with Crippen molar-refractivity contribution in [1.29, 1.82) is 0 Å². The number of carbonyl (C=O) groups is 3. The molecule has 5 rings (SSSR count). The number of methoxy groups -OCH3 is 1. The molecule has 9 nitrogen and oxygen atoms in total. The topological polar surface area (TPSA) is 114 Å². The van der Waals surface area contributed by atoms with Gasteiger partial charge >= 0.3 is 12.1 Å². The maximum Gasteiger partial charge on any atom is 0.408 e. The van der Waals surface area contributed by atoms with Gasteiger partial charge in [-0.2, -0.15) is 5.10 Å². The van der Waals surface area contributed by atoms with E-state index in [0.29, 0.717) is 18.7 Å². The number of hydrogen-bond acceptors (Lipinski definition) is 6. The van der Waals surface area contributed by atoms with E-state index in [1.54, 1.807) is 6.07 Å². The summed E-state index contributed by atoms with van der Waals surface area (Å²) in [7, 11) is 1.29. The van der Waals surface area contributed by atoms with E-state index in [1.165, 1.54) is 23.3 Å². The number of hydrogen-bond donors (Lipinski definition) is 2. The summed E-state index contributed by atoms with van der Waals surface area (Å²) in [5.41, 5.74) is 3.08. The molecule has 3 atom stereocenters. The van der Waals surface area contributed by atoms with Crippen molar-refractivity contribution in [3.05, 3.63) is 58.7 Å². The van der Waals surface area contributed by atoms with E-state index in [4.69, 9.17) is 4.74 Å². The Bertz CT molecular complexity index is 1300. The molecule has 2 amide bonds. The average Bonchev–Trinajstić information content (AvgIpc) is 3.62. The second kappa shape index (κ2) is 9.77. The van der Waals surface area contributed by atoms with Crippen molar-refractivity contribution >= 4 is 35.0 Å². The third-order valence-electron chi connectivity index (χ3n) is 7.12. The number of rotatable bonds is 6. The molecule has 2 aliphatic rings. The van der Waals surface area contributed by atoms with E-state index in [0.717, 1.165) is 41.0 Å². The summed E-state index contributed by atoms with van der Waals surface area (Å²) < 4.78 is 6.81. The predicted octanol–water partition coefficient (Wildman–Crippen LogP) is 4.61. The molecule has 1 aliphatic heterocycles. The lowest BCUT2D eigenvalue weighted by atomic mass is 10.0. The van der Waals surface area contributed by atoms with E-state index in [2.05, 4.69) is 10.4 Å². The first-order valence-electron chi connectivity index (χ1n) is 12.0. The van der Waals surface area contributed by atoms with Crippen LogP contribution in [0, 0.1) is 12.8 Å². The van der Waals surface area contributed by atoms with Gasteiger partial charge < -0.3 is 15.2 Å². The number of aromatic nitrogens is 2. The fourth-order valence-electron chi connectivity index (χ4n) is 5.49. The number of amides is 2. The van der Waals surface area contributed by atoms with Crippen molar-refractivity contribution in [3.63, 3.8) is 0 Å². The van der Waals surface area contributed by atoms with Crippen LogP contribution in [0.15, 0.2) is 42.6 Å². The molecule has 10 heteroatoms. The van der Waals surface area contributed by atoms with Gasteiger partial charge in [0.15, 0.2) is 0 Å². The van der Waals surface area contributed by atoms with Crippen LogP contribution in [0.3, 0.4) is 0 Å². The summed E-state index contributed by atoms with van der Waals surface area (Å²) in [5, 5.41) is 17.2. The largest absolute Gasteiger partial charge is 0.465 e. The Morgan fingerprint density at radius 3 is 2.72 bits per heavy atom. The standard InChI is InChI=1S/C26H28N4O5S/c1-15-18(14-29(28-15)13-16-7-4-3-5-8-16)22-12-19(23(36-22)25(32)35-2)27-24(31)21-11-17-9-6-10-20(17)30(21)26(33)34/h3-5,7-8,12,14,17,20-21H,6,9-11,13H2,1-2H3,(H,27,31)(H,33,34)/t17-,20-,21?/m0/s1. The fourth-order valence-corrected chi connectivity index (χ4v) is 6.58. The van der Waals surface area contributed by atoms with Gasteiger partial charge in [-0.1, -0.05) is 36.8 Å². The molecule has 1 aliphatic carbocycles. The Kier molecular flexibility index (Phi) is 6.53. The van der Waals surface area contributed by atoms with Crippen molar-refractivity contribution in [2.24, 2.45) is 5.92 Å². The number of fused-ring (bicyclic) bond motifs is 1. The highest BCUT2D eigenvalue weighted by Crippen LogP contribution is 2.42. The van der Waals surface area contributed by atoms with Crippen LogP contribution >= 0.6 is 11.3 Å². The molecule has 1 saturated carbocycles. The predicted molar refractivity (Wildman–Crippen MR) is 135 cm³/mol. The van der Waals surface area contributed by atoms with E-state index in [9.17, 15) is 19.5 Å². The van der Waals surface area contributed by atoms with Gasteiger partial charge in [0, 0.05) is 22.7 Å². The van der Waals surface area contributed by atoms with Crippen LogP contribution < -0.4 is 5.32 Å². The number of nitrogens with one attached hydrogen (secondary N) is 1. The van der Waals surface area contributed by atoms with Gasteiger partial charge in [-0.25, -0.2) is 9.59 Å². The number of nitrogens with zero attached hydrogens (tertiary/aromatic N) is 3. The lowest BCUT2D eigenvalue weighted by Crippen LogP contribution is -2.46. The second-order valence-electron chi connectivity index (χ2n) is 9.35. The Morgan fingerprint density at radius 1 is 1.22 bits per heavy atom. The van der Waals surface area contributed by atoms with Gasteiger partial charge in [0.2, 0.25) is 5.91 Å². The van der Waals surface area contributed by atoms with Gasteiger partial charge in [-0.3, -0.25) is 14.4 Å². The number of thiophene rings is 1. The van der Waals surface area contributed by atoms with Crippen molar-refractivity contribution in [2.75, 3.05) is 12.4 Å². The number of carboxylic acid groups (broad SMARTS) is 1. The molecule has 3 heterocycles. The Morgan fingerprint density at radius 2 is 2.00 bits per heavy atom. The lowest BCUT2D eigenvalue weighted by Gasteiger charge is -2.26. The number of anilines is 1. The molecule has 1 unspecified atom stereocenters. The van der Waals surface area contributed by atoms with Crippen LogP contribution in [0.5, 0.6) is 0 Å². The third kappa shape index (κ3) is 4.48. The van der Waals surface area contributed by atoms with Gasteiger partial charge in [-0.05, 0) is 43.7 Å². The Balaban J connectivity index is 1.41. The summed E-state index contributed by atoms with van der Waals surface area (Å²) in [4.78, 5) is 40.1. The van der Waals surface area contributed by atoms with E-state index in [-0.39, 0.29) is 16.8 Å². The zero-order valence-electron chi connectivity index (χ0n) is 20.1. The van der Waals surface area contributed by atoms with Crippen LogP contribution in [-0.2, 0) is 16.1 Å². The molecule has 0 bridgehead atoms. The monoisotopic (exact) mass is 508 g/mol. The molecule has 0 spiro atoms. The fraction of sp³-hybridized carbons (Fsp3) is 0.385. The van der Waals surface area contributed by atoms with Crippen LogP contribution in [0.2, 0.25) is 0 Å². The number of likely N-dealkylation sites (tertiary alicyclic amines) is 1. The molecule has 2 fully saturated rings. The van der Waals surface area contributed by atoms with Crippen LogP contribution in [-0.4, -0.2) is 57.0 Å². The molecule has 0 radical (unpaired) electrons. The first-order chi connectivity index (χ1) is 17.4. The van der Waals surface area contributed by atoms with Crippen molar-refractivity contribution in [3.8, 4) is 10.4 Å². The highest BCUT2D eigenvalue weighted by molar-refractivity contribution is 7.18. The van der Waals surface area contributed by atoms with Gasteiger partial charge in [0.25, 0.3) is 0 Å². The molecule has 1 aromatic carbocycles. The lowest BCUT2D eigenvalue weighted by molar-refractivity contribution is -0.120. The molecule has 2 aromatic heterocycles. The van der Waals surface area contributed by atoms with Crippen LogP contribution in [0.25, 0.3) is 10.4 Å². The molecular weight excluding hydrogens is 480 g/mol. The second-order valence-corrected chi connectivity index (χ2v) is 10.4. The molecule has 2 N–H and O–H groups in total. The van der Waals surface area contributed by atoms with E-state index < -0.39 is 24.0 Å². The number of carbonyl (C=O) groups excluding carboxylic acids is 2. The Hall–Kier alpha value is -3.66. The molecule has 36 heavy (non-hydrogen) atoms. The smallest absolute Gasteiger partial charge is 0.408 e. The first-order valence-corrected chi connectivity index (χ1v) is 12.8. The number of ether oxygens (including phenoxy) is 1. The molecule has 3 aromatic rings. The quantitative estimate of drug-likeness (QED) is 0.470. The highest BCUT2D eigenvalue weighted by atomic mass is 32.1. The first kappa shape index (κ1) is 24.1. The molecule has 1 saturated heterocycles. The summed E-state index contributed by atoms with van der Waals surface area (Å²) in [6, 6.07) is 10.8. The molecule has 188 valence electrons. The maximum atomic E-state index is 13.3. The maximum absolute atomic E-state index is 13.3. The number of benzene rings is 1. The summed E-state index contributed by atoms with van der Waals surface area (Å²) in [6.45, 7) is 2.50. The van der Waals surface area contributed by atoms with Crippen LogP contribution in [0.4, 0.5) is 10.5 Å². The number of esters is 1. The van der Waals surface area contributed by atoms with Crippen molar-refractivity contribution in [2.45, 2.75) is 51.2 Å². The summed E-state index contributed by atoms with van der Waals surface area (Å²) in [5.74, 6) is -0.778. The summed E-state index contributed by atoms with van der Waals surface area (Å²) in [6.07, 6.45) is 4.03. The summed E-state index contributed by atoms with van der Waals surface area (Å²) >= 11 is 1.21. The zero-order valence-corrected chi connectivity index (χ0v) is 21.0. The zero-order chi connectivity index (χ0) is 25.4. The molecular formula is C26H28N4O5S. The normalized spacial score (nSPS) is 20.8. The van der Waals surface area contributed by atoms with Gasteiger partial charge in [0.1, 0.15) is 10.9 Å². The van der Waals surface area contributed by atoms with E-state index in [1.807, 2.05) is 48.1 Å². The van der Waals surface area contributed by atoms with E-state index >= 15 is 0 Å². The van der Waals surface area contributed by atoms with Crippen LogP contribution in [0.1, 0.15) is 46.6 Å². The average molecular weight is 509 g/mol. The van der Waals surface area contributed by atoms with Crippen molar-refractivity contribution < 1.29 is 24.2 Å². The van der Waals surface area contributed by atoms with Gasteiger partial charge in [-0.15, -0.1) is 11.3 Å². The van der Waals surface area contributed by atoms with Crippen molar-refractivity contribution in [1.82, 2.24) is 14.7 Å². The highest BCUT2D eigenvalue weighted by Gasteiger charge is 2.49. The minimum Gasteiger partial charge on any atom is -0.465 e. The third-order valence-corrected chi connectivity index (χ3v) is 8.27. The Labute approximate surface area is 212 Å². The minimum absolute atomic E-state index is 0.116. The van der Waals surface area contributed by atoms with Gasteiger partial charge in [0.05, 0.1) is 25.0 Å². The SMILES string of the molecule is COC(=O)c1sc(-c2cn(Cc3ccccc3)nc2C)cc1NC(=O)C1C[C@@H]2CCC[C@@H]2N1C(=O)O. The minimum atomic E-state index is -1.08. The number of aryl methyl sites for hydroxylation is 1.